The Labute approximate surface area is 210 Å². The number of ether oxygens (including phenoxy) is 1. The molecule has 4 rings (SSSR count). The molecule has 0 atom stereocenters. The molecule has 1 saturated heterocycles. The third-order valence-electron chi connectivity index (χ3n) is 5.52. The van der Waals surface area contributed by atoms with Crippen LogP contribution in [0.25, 0.3) is 11.5 Å². The number of hydrogen-bond acceptors (Lipinski definition) is 5. The van der Waals surface area contributed by atoms with Gasteiger partial charge in [0.2, 0.25) is 5.89 Å². The number of piperazine rings is 1. The minimum absolute atomic E-state index is 0. The number of aliphatic imine (C=N–C) groups is 1. The summed E-state index contributed by atoms with van der Waals surface area (Å²) in [5, 5.41) is 3.42. The molecule has 1 N–H and O–H groups in total. The average molecular weight is 565 g/mol. The number of anilines is 1. The van der Waals surface area contributed by atoms with Crippen molar-refractivity contribution in [3.63, 3.8) is 0 Å². The standard InChI is InChI=1S/C24H28FN5O2.HI/c1-26-24(30-14-12-29(13-15-30)21-4-3-5-22(16-21)31-2)27-11-10-20-17-32-23(28-20)18-6-8-19(25)9-7-18;/h3-9,16-17H,10-15H2,1-2H3,(H,26,27);1H. The van der Waals surface area contributed by atoms with E-state index < -0.39 is 0 Å². The first-order chi connectivity index (χ1) is 15.7. The van der Waals surface area contributed by atoms with Gasteiger partial charge in [-0.3, -0.25) is 4.99 Å². The van der Waals surface area contributed by atoms with Crippen molar-refractivity contribution in [2.24, 2.45) is 4.99 Å². The summed E-state index contributed by atoms with van der Waals surface area (Å²) < 4.78 is 24.0. The van der Waals surface area contributed by atoms with Crippen LogP contribution in [0.3, 0.4) is 0 Å². The fraction of sp³-hybridized carbons (Fsp3) is 0.333. The molecule has 0 bridgehead atoms. The summed E-state index contributed by atoms with van der Waals surface area (Å²) >= 11 is 0. The van der Waals surface area contributed by atoms with E-state index in [0.29, 0.717) is 18.9 Å². The molecule has 3 aromatic rings. The van der Waals surface area contributed by atoms with Gasteiger partial charge in [0.25, 0.3) is 0 Å². The van der Waals surface area contributed by atoms with Gasteiger partial charge in [-0.15, -0.1) is 24.0 Å². The minimum atomic E-state index is -0.277. The molecule has 0 radical (unpaired) electrons. The van der Waals surface area contributed by atoms with Crippen molar-refractivity contribution in [2.45, 2.75) is 6.42 Å². The predicted molar refractivity (Wildman–Crippen MR) is 139 cm³/mol. The van der Waals surface area contributed by atoms with Gasteiger partial charge in [0.1, 0.15) is 17.8 Å². The van der Waals surface area contributed by atoms with Crippen LogP contribution in [0.4, 0.5) is 10.1 Å². The van der Waals surface area contributed by atoms with Crippen molar-refractivity contribution in [1.82, 2.24) is 15.2 Å². The molecule has 33 heavy (non-hydrogen) atoms. The third kappa shape index (κ3) is 6.37. The van der Waals surface area contributed by atoms with Crippen LogP contribution in [0.5, 0.6) is 5.75 Å². The topological polar surface area (TPSA) is 66.1 Å². The molecular formula is C24H29FIN5O2. The lowest BCUT2D eigenvalue weighted by Crippen LogP contribution is -2.52. The number of oxazole rings is 1. The SMILES string of the molecule is CN=C(NCCc1coc(-c2ccc(F)cc2)n1)N1CCN(c2cccc(OC)c2)CC1.I. The molecule has 7 nitrogen and oxygen atoms in total. The summed E-state index contributed by atoms with van der Waals surface area (Å²) in [5.74, 6) is 1.98. The summed E-state index contributed by atoms with van der Waals surface area (Å²) in [5.41, 5.74) is 2.78. The van der Waals surface area contributed by atoms with Crippen LogP contribution >= 0.6 is 24.0 Å². The number of aromatic nitrogens is 1. The molecule has 9 heteroatoms. The summed E-state index contributed by atoms with van der Waals surface area (Å²) in [6.07, 6.45) is 2.35. The molecule has 176 valence electrons. The maximum Gasteiger partial charge on any atom is 0.226 e. The lowest BCUT2D eigenvalue weighted by atomic mass is 10.2. The Bertz CT molecular complexity index is 1050. The number of hydrogen-bond donors (Lipinski definition) is 1. The molecule has 1 aromatic heterocycles. The summed E-state index contributed by atoms with van der Waals surface area (Å²) in [4.78, 5) is 13.6. The lowest BCUT2D eigenvalue weighted by Gasteiger charge is -2.37. The van der Waals surface area contributed by atoms with Gasteiger partial charge in [-0.2, -0.15) is 0 Å². The van der Waals surface area contributed by atoms with Gasteiger partial charge < -0.3 is 24.3 Å². The highest BCUT2D eigenvalue weighted by Gasteiger charge is 2.20. The predicted octanol–water partition coefficient (Wildman–Crippen LogP) is 4.05. The molecular weight excluding hydrogens is 536 g/mol. The Balaban J connectivity index is 0.00000306. The fourth-order valence-corrected chi connectivity index (χ4v) is 3.77. The second-order valence-corrected chi connectivity index (χ2v) is 7.55. The van der Waals surface area contributed by atoms with Gasteiger partial charge in [-0.05, 0) is 36.4 Å². The van der Waals surface area contributed by atoms with Crippen molar-refractivity contribution >= 4 is 35.6 Å². The first-order valence-corrected chi connectivity index (χ1v) is 10.7. The monoisotopic (exact) mass is 565 g/mol. The van der Waals surface area contributed by atoms with Gasteiger partial charge in [0.15, 0.2) is 5.96 Å². The molecule has 1 aliphatic heterocycles. The summed E-state index contributed by atoms with van der Waals surface area (Å²) in [6, 6.07) is 14.3. The summed E-state index contributed by atoms with van der Waals surface area (Å²) in [7, 11) is 3.49. The van der Waals surface area contributed by atoms with E-state index in [1.807, 2.05) is 12.1 Å². The van der Waals surface area contributed by atoms with Crippen molar-refractivity contribution in [2.75, 3.05) is 51.8 Å². The van der Waals surface area contributed by atoms with Crippen molar-refractivity contribution in [3.05, 3.63) is 66.3 Å². The van der Waals surface area contributed by atoms with E-state index in [9.17, 15) is 4.39 Å². The van der Waals surface area contributed by atoms with E-state index in [4.69, 9.17) is 9.15 Å². The Kier molecular flexibility index (Phi) is 8.93. The van der Waals surface area contributed by atoms with Crippen LogP contribution in [-0.2, 0) is 6.42 Å². The highest BCUT2D eigenvalue weighted by Crippen LogP contribution is 2.22. The zero-order valence-corrected chi connectivity index (χ0v) is 21.2. The molecule has 2 aromatic carbocycles. The van der Waals surface area contributed by atoms with Crippen molar-refractivity contribution < 1.29 is 13.5 Å². The molecule has 0 saturated carbocycles. The van der Waals surface area contributed by atoms with Crippen molar-refractivity contribution in [3.8, 4) is 17.2 Å². The van der Waals surface area contributed by atoms with Crippen LogP contribution < -0.4 is 15.0 Å². The van der Waals surface area contributed by atoms with E-state index in [-0.39, 0.29) is 29.8 Å². The van der Waals surface area contributed by atoms with Gasteiger partial charge in [0.05, 0.1) is 12.8 Å². The zero-order chi connectivity index (χ0) is 22.3. The van der Waals surface area contributed by atoms with Crippen LogP contribution in [0.15, 0.2) is 64.2 Å². The molecule has 2 heterocycles. The van der Waals surface area contributed by atoms with Gasteiger partial charge >= 0.3 is 0 Å². The first kappa shape index (κ1) is 24.8. The Morgan fingerprint density at radius 1 is 1.15 bits per heavy atom. The average Bonchev–Trinajstić information content (AvgIpc) is 3.31. The van der Waals surface area contributed by atoms with E-state index in [0.717, 1.165) is 49.1 Å². The smallest absolute Gasteiger partial charge is 0.226 e. The zero-order valence-electron chi connectivity index (χ0n) is 18.8. The number of nitrogens with one attached hydrogen (secondary N) is 1. The Morgan fingerprint density at radius 3 is 2.61 bits per heavy atom. The van der Waals surface area contributed by atoms with E-state index >= 15 is 0 Å². The minimum Gasteiger partial charge on any atom is -0.497 e. The maximum atomic E-state index is 13.1. The number of rotatable bonds is 6. The quantitative estimate of drug-likeness (QED) is 0.277. The lowest BCUT2D eigenvalue weighted by molar-refractivity contribution is 0.372. The van der Waals surface area contributed by atoms with E-state index in [1.165, 1.54) is 17.8 Å². The van der Waals surface area contributed by atoms with Gasteiger partial charge in [-0.25, -0.2) is 9.37 Å². The van der Waals surface area contributed by atoms with Crippen LogP contribution in [0.1, 0.15) is 5.69 Å². The number of halogens is 2. The number of methoxy groups -OCH3 is 1. The molecule has 1 aliphatic rings. The highest BCUT2D eigenvalue weighted by atomic mass is 127. The van der Waals surface area contributed by atoms with Crippen LogP contribution in [0, 0.1) is 5.82 Å². The van der Waals surface area contributed by atoms with Crippen LogP contribution in [-0.4, -0.2) is 62.7 Å². The van der Waals surface area contributed by atoms with Crippen molar-refractivity contribution in [1.29, 1.82) is 0 Å². The number of benzene rings is 2. The van der Waals surface area contributed by atoms with E-state index in [2.05, 4.69) is 37.2 Å². The molecule has 0 spiro atoms. The second-order valence-electron chi connectivity index (χ2n) is 7.55. The van der Waals surface area contributed by atoms with Gasteiger partial charge in [-0.1, -0.05) is 6.07 Å². The van der Waals surface area contributed by atoms with Gasteiger partial charge in [0, 0.05) is 63.5 Å². The first-order valence-electron chi connectivity index (χ1n) is 10.7. The Hall–Kier alpha value is -2.82. The second kappa shape index (κ2) is 11.9. The third-order valence-corrected chi connectivity index (χ3v) is 5.52. The molecule has 0 unspecified atom stereocenters. The molecule has 0 aliphatic carbocycles. The molecule has 0 amide bonds. The number of guanidine groups is 1. The van der Waals surface area contributed by atoms with E-state index in [1.54, 1.807) is 32.6 Å². The Morgan fingerprint density at radius 2 is 1.91 bits per heavy atom. The highest BCUT2D eigenvalue weighted by molar-refractivity contribution is 14.0. The fourth-order valence-electron chi connectivity index (χ4n) is 3.77. The maximum absolute atomic E-state index is 13.1. The normalized spacial score (nSPS) is 14.1. The number of nitrogens with zero attached hydrogens (tertiary/aromatic N) is 4. The summed E-state index contributed by atoms with van der Waals surface area (Å²) in [6.45, 7) is 4.29. The molecule has 1 fully saturated rings. The largest absolute Gasteiger partial charge is 0.497 e. The van der Waals surface area contributed by atoms with Crippen LogP contribution in [0.2, 0.25) is 0 Å².